The van der Waals surface area contributed by atoms with Gasteiger partial charge in [-0.2, -0.15) is 4.98 Å². The Balaban J connectivity index is 2.52. The van der Waals surface area contributed by atoms with Gasteiger partial charge in [0.1, 0.15) is 12.1 Å². The Morgan fingerprint density at radius 1 is 1.29 bits per heavy atom. The summed E-state index contributed by atoms with van der Waals surface area (Å²) >= 11 is 5.96. The molecule has 0 amide bonds. The molecule has 0 spiro atoms. The fourth-order valence-corrected chi connectivity index (χ4v) is 2.27. The van der Waals surface area contributed by atoms with Crippen LogP contribution in [0.4, 0.5) is 11.5 Å². The van der Waals surface area contributed by atoms with Gasteiger partial charge in [0.2, 0.25) is 5.82 Å². The molecule has 1 N–H and O–H groups in total. The van der Waals surface area contributed by atoms with Crippen molar-refractivity contribution in [3.63, 3.8) is 0 Å². The van der Waals surface area contributed by atoms with Gasteiger partial charge < -0.3 is 10.1 Å². The molecule has 0 aliphatic rings. The number of nitrogens with zero attached hydrogens (tertiary/aromatic N) is 3. The van der Waals surface area contributed by atoms with E-state index in [0.29, 0.717) is 10.8 Å². The SMILES string of the molecule is CNc1ncnc(Oc2c(C)cc(Cl)cc2C)c1[N+](=O)[O-]. The van der Waals surface area contributed by atoms with Crippen molar-refractivity contribution < 1.29 is 9.66 Å². The van der Waals surface area contributed by atoms with Crippen LogP contribution < -0.4 is 10.1 Å². The molecule has 1 heterocycles. The van der Waals surface area contributed by atoms with E-state index in [0.717, 1.165) is 11.1 Å². The minimum absolute atomic E-state index is 0.0919. The van der Waals surface area contributed by atoms with Crippen LogP contribution in [0.3, 0.4) is 0 Å². The summed E-state index contributed by atoms with van der Waals surface area (Å²) in [5.41, 5.74) is 1.21. The molecule has 7 nitrogen and oxygen atoms in total. The quantitative estimate of drug-likeness (QED) is 0.687. The summed E-state index contributed by atoms with van der Waals surface area (Å²) in [6.07, 6.45) is 1.20. The fourth-order valence-electron chi connectivity index (χ4n) is 1.94. The van der Waals surface area contributed by atoms with E-state index in [1.54, 1.807) is 26.0 Å². The van der Waals surface area contributed by atoms with Crippen molar-refractivity contribution in [1.82, 2.24) is 9.97 Å². The van der Waals surface area contributed by atoms with E-state index >= 15 is 0 Å². The van der Waals surface area contributed by atoms with E-state index in [4.69, 9.17) is 16.3 Å². The highest BCUT2D eigenvalue weighted by Gasteiger charge is 2.25. The van der Waals surface area contributed by atoms with Crippen LogP contribution in [0.5, 0.6) is 11.6 Å². The predicted octanol–water partition coefficient (Wildman–Crippen LogP) is 3.49. The summed E-state index contributed by atoms with van der Waals surface area (Å²) in [6, 6.07) is 3.44. The average Bonchev–Trinajstić information content (AvgIpc) is 2.42. The Bertz CT molecular complexity index is 683. The van der Waals surface area contributed by atoms with Crippen molar-refractivity contribution in [1.29, 1.82) is 0 Å². The smallest absolute Gasteiger partial charge is 0.373 e. The van der Waals surface area contributed by atoms with Crippen LogP contribution in [0, 0.1) is 24.0 Å². The van der Waals surface area contributed by atoms with Gasteiger partial charge >= 0.3 is 11.6 Å². The van der Waals surface area contributed by atoms with Gasteiger partial charge in [0, 0.05) is 12.1 Å². The van der Waals surface area contributed by atoms with E-state index < -0.39 is 4.92 Å². The van der Waals surface area contributed by atoms with Gasteiger partial charge in [0.25, 0.3) is 0 Å². The molecule has 0 aliphatic carbocycles. The third-order valence-corrected chi connectivity index (χ3v) is 3.05. The van der Waals surface area contributed by atoms with E-state index in [1.807, 2.05) is 0 Å². The first-order chi connectivity index (χ1) is 9.93. The van der Waals surface area contributed by atoms with Crippen molar-refractivity contribution in [3.8, 4) is 11.6 Å². The van der Waals surface area contributed by atoms with E-state index in [2.05, 4.69) is 15.3 Å². The number of halogens is 1. The van der Waals surface area contributed by atoms with Gasteiger partial charge in [0.05, 0.1) is 4.92 Å². The Kier molecular flexibility index (Phi) is 4.23. The van der Waals surface area contributed by atoms with E-state index in [9.17, 15) is 10.1 Å². The topological polar surface area (TPSA) is 90.2 Å². The molecule has 0 radical (unpaired) electrons. The second kappa shape index (κ2) is 5.92. The first-order valence-electron chi connectivity index (χ1n) is 6.05. The second-order valence-corrected chi connectivity index (χ2v) is 4.79. The number of ether oxygens (including phenoxy) is 1. The number of aromatic nitrogens is 2. The summed E-state index contributed by atoms with van der Waals surface area (Å²) in [4.78, 5) is 18.3. The molecule has 0 fully saturated rings. The molecule has 0 bridgehead atoms. The summed E-state index contributed by atoms with van der Waals surface area (Å²) in [5.74, 6) is 0.463. The van der Waals surface area contributed by atoms with Gasteiger partial charge in [-0.05, 0) is 37.1 Å². The number of hydrogen-bond acceptors (Lipinski definition) is 6. The number of benzene rings is 1. The standard InChI is InChI=1S/C13H13ClN4O3/c1-7-4-9(14)5-8(2)11(7)21-13-10(18(19)20)12(15-3)16-6-17-13/h4-6H,1-3H3,(H,15,16,17). The molecule has 1 aromatic heterocycles. The maximum atomic E-state index is 11.2. The van der Waals surface area contributed by atoms with Crippen molar-refractivity contribution in [3.05, 3.63) is 44.7 Å². The first kappa shape index (κ1) is 15.0. The molecule has 8 heteroatoms. The van der Waals surface area contributed by atoms with E-state index in [1.165, 1.54) is 13.4 Å². The molecule has 21 heavy (non-hydrogen) atoms. The van der Waals surface area contributed by atoms with Crippen molar-refractivity contribution >= 4 is 23.1 Å². The van der Waals surface area contributed by atoms with E-state index in [-0.39, 0.29) is 17.4 Å². The number of anilines is 1. The monoisotopic (exact) mass is 308 g/mol. The third-order valence-electron chi connectivity index (χ3n) is 2.83. The minimum Gasteiger partial charge on any atom is -0.433 e. The average molecular weight is 309 g/mol. The highest BCUT2D eigenvalue weighted by atomic mass is 35.5. The lowest BCUT2D eigenvalue weighted by atomic mass is 10.1. The lowest BCUT2D eigenvalue weighted by Crippen LogP contribution is -2.04. The number of rotatable bonds is 4. The van der Waals surface area contributed by atoms with Crippen molar-refractivity contribution in [2.45, 2.75) is 13.8 Å². The van der Waals surface area contributed by atoms with Crippen molar-refractivity contribution in [2.75, 3.05) is 12.4 Å². The van der Waals surface area contributed by atoms with Crippen LogP contribution in [0.2, 0.25) is 5.02 Å². The predicted molar refractivity (Wildman–Crippen MR) is 79.2 cm³/mol. The van der Waals surface area contributed by atoms with Crippen LogP contribution in [0.15, 0.2) is 18.5 Å². The highest BCUT2D eigenvalue weighted by Crippen LogP contribution is 2.37. The molecule has 0 aliphatic heterocycles. The van der Waals surface area contributed by atoms with Crippen molar-refractivity contribution in [2.24, 2.45) is 0 Å². The Morgan fingerprint density at radius 3 is 2.43 bits per heavy atom. The lowest BCUT2D eigenvalue weighted by Gasteiger charge is -2.12. The molecule has 2 aromatic rings. The molecule has 110 valence electrons. The maximum absolute atomic E-state index is 11.2. The van der Waals surface area contributed by atoms with Crippen LogP contribution in [0.25, 0.3) is 0 Å². The normalized spacial score (nSPS) is 10.3. The van der Waals surface area contributed by atoms with Gasteiger partial charge in [-0.3, -0.25) is 10.1 Å². The van der Waals surface area contributed by atoms with Crippen LogP contribution >= 0.6 is 11.6 Å². The number of hydrogen-bond donors (Lipinski definition) is 1. The molecule has 0 atom stereocenters. The first-order valence-corrected chi connectivity index (χ1v) is 6.43. The summed E-state index contributed by atoms with van der Waals surface area (Å²) in [5, 5.41) is 14.4. The lowest BCUT2D eigenvalue weighted by molar-refractivity contribution is -0.385. The number of nitro groups is 1. The van der Waals surface area contributed by atoms with Gasteiger partial charge in [-0.25, -0.2) is 4.98 Å². The largest absolute Gasteiger partial charge is 0.433 e. The Morgan fingerprint density at radius 2 is 1.90 bits per heavy atom. The van der Waals surface area contributed by atoms with Crippen LogP contribution in [0.1, 0.15) is 11.1 Å². The summed E-state index contributed by atoms with van der Waals surface area (Å²) < 4.78 is 5.64. The third kappa shape index (κ3) is 3.03. The highest BCUT2D eigenvalue weighted by molar-refractivity contribution is 6.30. The molecular formula is C13H13ClN4O3. The second-order valence-electron chi connectivity index (χ2n) is 4.35. The fraction of sp³-hybridized carbons (Fsp3) is 0.231. The summed E-state index contributed by atoms with van der Waals surface area (Å²) in [6.45, 7) is 3.61. The molecular weight excluding hydrogens is 296 g/mol. The number of nitrogens with one attached hydrogen (secondary N) is 1. The van der Waals surface area contributed by atoms with Crippen LogP contribution in [-0.2, 0) is 0 Å². The van der Waals surface area contributed by atoms with Crippen LogP contribution in [-0.4, -0.2) is 21.9 Å². The molecule has 2 rings (SSSR count). The summed E-state index contributed by atoms with van der Waals surface area (Å²) in [7, 11) is 1.54. The van der Waals surface area contributed by atoms with Gasteiger partial charge in [0.15, 0.2) is 0 Å². The van der Waals surface area contributed by atoms with Gasteiger partial charge in [-0.1, -0.05) is 11.6 Å². The van der Waals surface area contributed by atoms with Gasteiger partial charge in [-0.15, -0.1) is 0 Å². The molecule has 1 aromatic carbocycles. The maximum Gasteiger partial charge on any atom is 0.373 e. The Labute approximate surface area is 126 Å². The minimum atomic E-state index is -0.582. The zero-order valence-corrected chi connectivity index (χ0v) is 12.4. The zero-order valence-electron chi connectivity index (χ0n) is 11.7. The molecule has 0 saturated carbocycles. The molecule has 0 unspecified atom stereocenters. The number of aryl methyl sites for hydroxylation is 2. The molecule has 0 saturated heterocycles. The Hall–Kier alpha value is -2.41. The zero-order chi connectivity index (χ0) is 15.6.